The molecule has 0 fully saturated rings. The minimum atomic E-state index is -3.96. The van der Waals surface area contributed by atoms with Crippen LogP contribution in [0.1, 0.15) is 37.0 Å². The Morgan fingerprint density at radius 3 is 2.21 bits per heavy atom. The number of amides is 2. The quantitative estimate of drug-likeness (QED) is 0.298. The van der Waals surface area contributed by atoms with Gasteiger partial charge in [-0.15, -0.1) is 0 Å². The summed E-state index contributed by atoms with van der Waals surface area (Å²) < 4.78 is 38.0. The number of ether oxygens (including phenoxy) is 2. The standard InChI is InChI=1S/C32H41N3O6S/c1-7-24(3)33-32(37)29(19-25-14-9-8-10-15-25)34(21-26-16-12-11-13-23(26)2)31(36)22-35(42(6,38)39)28-20-27(40-4)17-18-30(28)41-5/h8-18,20,24,29H,7,19,21-22H2,1-6H3,(H,33,37)/t24-,29+/m0/s1. The van der Waals surface area contributed by atoms with Crippen molar-refractivity contribution in [3.8, 4) is 11.5 Å². The van der Waals surface area contributed by atoms with Crippen molar-refractivity contribution in [3.05, 3.63) is 89.5 Å². The molecule has 0 radical (unpaired) electrons. The predicted octanol–water partition coefficient (Wildman–Crippen LogP) is 4.33. The zero-order chi connectivity index (χ0) is 30.9. The number of nitrogens with one attached hydrogen (secondary N) is 1. The first kappa shape index (κ1) is 32.5. The molecule has 0 bridgehead atoms. The molecule has 0 unspecified atom stereocenters. The summed E-state index contributed by atoms with van der Waals surface area (Å²) in [6.07, 6.45) is 2.00. The van der Waals surface area contributed by atoms with Crippen LogP contribution in [-0.2, 0) is 32.6 Å². The van der Waals surface area contributed by atoms with Crippen molar-refractivity contribution in [2.24, 2.45) is 0 Å². The van der Waals surface area contributed by atoms with E-state index in [1.165, 1.54) is 25.2 Å². The van der Waals surface area contributed by atoms with Gasteiger partial charge < -0.3 is 19.7 Å². The Morgan fingerprint density at radius 1 is 0.952 bits per heavy atom. The van der Waals surface area contributed by atoms with Crippen molar-refractivity contribution in [1.29, 1.82) is 0 Å². The molecule has 0 aliphatic rings. The summed E-state index contributed by atoms with van der Waals surface area (Å²) in [6, 6.07) is 20.8. The van der Waals surface area contributed by atoms with E-state index in [2.05, 4.69) is 5.32 Å². The summed E-state index contributed by atoms with van der Waals surface area (Å²) in [5.74, 6) is -0.179. The Morgan fingerprint density at radius 2 is 1.62 bits per heavy atom. The van der Waals surface area contributed by atoms with Gasteiger partial charge in [0.15, 0.2) is 0 Å². The Kier molecular flexibility index (Phi) is 11.4. The molecule has 0 spiro atoms. The van der Waals surface area contributed by atoms with Crippen LogP contribution < -0.4 is 19.1 Å². The maximum absolute atomic E-state index is 14.3. The van der Waals surface area contributed by atoms with Gasteiger partial charge in [0, 0.05) is 25.1 Å². The third-order valence-electron chi connectivity index (χ3n) is 7.21. The highest BCUT2D eigenvalue weighted by Crippen LogP contribution is 2.34. The second-order valence-electron chi connectivity index (χ2n) is 10.3. The number of hydrogen-bond donors (Lipinski definition) is 1. The lowest BCUT2D eigenvalue weighted by Gasteiger charge is -2.34. The minimum Gasteiger partial charge on any atom is -0.497 e. The molecule has 0 saturated heterocycles. The highest BCUT2D eigenvalue weighted by Gasteiger charge is 2.34. The predicted molar refractivity (Wildman–Crippen MR) is 165 cm³/mol. The van der Waals surface area contributed by atoms with Gasteiger partial charge in [0.05, 0.1) is 26.2 Å². The topological polar surface area (TPSA) is 105 Å². The van der Waals surface area contributed by atoms with Crippen LogP contribution in [0.5, 0.6) is 11.5 Å². The lowest BCUT2D eigenvalue weighted by Crippen LogP contribution is -2.54. The van der Waals surface area contributed by atoms with Gasteiger partial charge >= 0.3 is 0 Å². The van der Waals surface area contributed by atoms with Gasteiger partial charge in [0.25, 0.3) is 0 Å². The second-order valence-corrected chi connectivity index (χ2v) is 12.2. The zero-order valence-corrected chi connectivity index (χ0v) is 26.0. The number of sulfonamides is 1. The largest absolute Gasteiger partial charge is 0.497 e. The fourth-order valence-corrected chi connectivity index (χ4v) is 5.40. The summed E-state index contributed by atoms with van der Waals surface area (Å²) in [5.41, 5.74) is 2.83. The molecule has 0 aliphatic heterocycles. The second kappa shape index (κ2) is 14.7. The van der Waals surface area contributed by atoms with Crippen LogP contribution in [0.15, 0.2) is 72.8 Å². The molecule has 0 aromatic heterocycles. The van der Waals surface area contributed by atoms with E-state index in [1.807, 2.05) is 75.4 Å². The summed E-state index contributed by atoms with van der Waals surface area (Å²) in [4.78, 5) is 29.6. The first-order valence-corrected chi connectivity index (χ1v) is 15.7. The van der Waals surface area contributed by atoms with Crippen molar-refractivity contribution in [3.63, 3.8) is 0 Å². The average molecular weight is 596 g/mol. The molecule has 1 N–H and O–H groups in total. The highest BCUT2D eigenvalue weighted by atomic mass is 32.2. The van der Waals surface area contributed by atoms with E-state index in [9.17, 15) is 18.0 Å². The molecule has 3 aromatic rings. The first-order valence-electron chi connectivity index (χ1n) is 13.9. The molecule has 226 valence electrons. The maximum atomic E-state index is 14.3. The Hall–Kier alpha value is -4.05. The van der Waals surface area contributed by atoms with Gasteiger partial charge in [-0.3, -0.25) is 13.9 Å². The molecule has 3 rings (SSSR count). The van der Waals surface area contributed by atoms with Crippen molar-refractivity contribution >= 4 is 27.5 Å². The van der Waals surface area contributed by atoms with Gasteiger partial charge in [-0.25, -0.2) is 8.42 Å². The van der Waals surface area contributed by atoms with Crippen LogP contribution in [-0.4, -0.2) is 64.2 Å². The summed E-state index contributed by atoms with van der Waals surface area (Å²) in [6.45, 7) is 5.39. The molecule has 2 atom stereocenters. The molecule has 0 saturated carbocycles. The van der Waals surface area contributed by atoms with E-state index in [0.717, 1.165) is 27.3 Å². The lowest BCUT2D eigenvalue weighted by atomic mass is 10.0. The SMILES string of the molecule is CC[C@H](C)NC(=O)[C@@H](Cc1ccccc1)N(Cc1ccccc1C)C(=O)CN(c1cc(OC)ccc1OC)S(C)(=O)=O. The fourth-order valence-electron chi connectivity index (χ4n) is 4.55. The summed E-state index contributed by atoms with van der Waals surface area (Å²) in [5, 5.41) is 3.03. The number of nitrogens with zero attached hydrogens (tertiary/aromatic N) is 2. The third kappa shape index (κ3) is 8.48. The van der Waals surface area contributed by atoms with Crippen LogP contribution in [0.25, 0.3) is 0 Å². The minimum absolute atomic E-state index is 0.111. The number of carbonyl (C=O) groups excluding carboxylic acids is 2. The first-order chi connectivity index (χ1) is 20.0. The molecular formula is C32H41N3O6S. The molecule has 0 aliphatic carbocycles. The number of methoxy groups -OCH3 is 2. The third-order valence-corrected chi connectivity index (χ3v) is 8.33. The summed E-state index contributed by atoms with van der Waals surface area (Å²) in [7, 11) is -1.07. The number of anilines is 1. The number of carbonyl (C=O) groups is 2. The van der Waals surface area contributed by atoms with E-state index < -0.39 is 28.5 Å². The Balaban J connectivity index is 2.12. The number of rotatable bonds is 14. The van der Waals surface area contributed by atoms with Crippen molar-refractivity contribution in [2.75, 3.05) is 31.3 Å². The van der Waals surface area contributed by atoms with E-state index in [1.54, 1.807) is 12.1 Å². The molecule has 2 amide bonds. The average Bonchev–Trinajstić information content (AvgIpc) is 2.97. The molecule has 3 aromatic carbocycles. The van der Waals surface area contributed by atoms with Crippen molar-refractivity contribution in [1.82, 2.24) is 10.2 Å². The summed E-state index contributed by atoms with van der Waals surface area (Å²) >= 11 is 0. The lowest BCUT2D eigenvalue weighted by molar-refractivity contribution is -0.140. The van der Waals surface area contributed by atoms with Gasteiger partial charge in [-0.05, 0) is 49.1 Å². The Bertz CT molecular complexity index is 1460. The molecule has 0 heterocycles. The van der Waals surface area contributed by atoms with Gasteiger partial charge in [-0.1, -0.05) is 61.5 Å². The van der Waals surface area contributed by atoms with E-state index >= 15 is 0 Å². The molecule has 9 nitrogen and oxygen atoms in total. The maximum Gasteiger partial charge on any atom is 0.244 e. The normalized spacial score (nSPS) is 12.6. The van der Waals surface area contributed by atoms with Crippen LogP contribution in [0.4, 0.5) is 5.69 Å². The fraction of sp³-hybridized carbons (Fsp3) is 0.375. The van der Waals surface area contributed by atoms with E-state index in [0.29, 0.717) is 12.2 Å². The molecule has 10 heteroatoms. The van der Waals surface area contributed by atoms with Crippen LogP contribution in [0, 0.1) is 6.92 Å². The smallest absolute Gasteiger partial charge is 0.244 e. The van der Waals surface area contributed by atoms with Crippen LogP contribution in [0.3, 0.4) is 0 Å². The van der Waals surface area contributed by atoms with Crippen LogP contribution in [0.2, 0.25) is 0 Å². The van der Waals surface area contributed by atoms with Crippen molar-refractivity contribution < 1.29 is 27.5 Å². The monoisotopic (exact) mass is 595 g/mol. The van der Waals surface area contributed by atoms with Gasteiger partial charge in [0.2, 0.25) is 21.8 Å². The van der Waals surface area contributed by atoms with Crippen LogP contribution >= 0.6 is 0 Å². The Labute approximate surface area is 249 Å². The molecule has 42 heavy (non-hydrogen) atoms. The highest BCUT2D eigenvalue weighted by molar-refractivity contribution is 7.92. The van der Waals surface area contributed by atoms with Crippen molar-refractivity contribution in [2.45, 2.75) is 52.2 Å². The van der Waals surface area contributed by atoms with Gasteiger partial charge in [0.1, 0.15) is 24.1 Å². The number of aryl methyl sites for hydroxylation is 1. The number of hydrogen-bond acceptors (Lipinski definition) is 6. The van der Waals surface area contributed by atoms with E-state index in [-0.39, 0.29) is 36.4 Å². The van der Waals surface area contributed by atoms with Gasteiger partial charge in [-0.2, -0.15) is 0 Å². The molecular weight excluding hydrogens is 554 g/mol. The van der Waals surface area contributed by atoms with E-state index in [4.69, 9.17) is 9.47 Å². The number of benzene rings is 3. The zero-order valence-electron chi connectivity index (χ0n) is 25.2.